The first-order chi connectivity index (χ1) is 8.14. The fourth-order valence-electron chi connectivity index (χ4n) is 3.76. The standard InChI is InChI=1S/C14H28N2O/c1-3-14(4-2,9-15)10-16-7-11-5-6-13(17)12(11)8-16/h11-13,17H,3-10,15H2,1-2H3. The van der Waals surface area contributed by atoms with Crippen LogP contribution in [0.1, 0.15) is 39.5 Å². The van der Waals surface area contributed by atoms with E-state index < -0.39 is 0 Å². The van der Waals surface area contributed by atoms with Gasteiger partial charge in [0.15, 0.2) is 0 Å². The van der Waals surface area contributed by atoms with Crippen LogP contribution in [0.2, 0.25) is 0 Å². The van der Waals surface area contributed by atoms with Crippen LogP contribution in [0.3, 0.4) is 0 Å². The third-order valence-corrected chi connectivity index (χ3v) is 5.39. The molecule has 100 valence electrons. The molecule has 1 saturated carbocycles. The normalized spacial score (nSPS) is 34.2. The summed E-state index contributed by atoms with van der Waals surface area (Å²) in [6.07, 6.45) is 4.52. The Morgan fingerprint density at radius 1 is 1.24 bits per heavy atom. The van der Waals surface area contributed by atoms with Crippen LogP contribution in [-0.2, 0) is 0 Å². The van der Waals surface area contributed by atoms with Crippen molar-refractivity contribution in [3.63, 3.8) is 0 Å². The smallest absolute Gasteiger partial charge is 0.0583 e. The molecule has 0 amide bonds. The first-order valence-corrected chi connectivity index (χ1v) is 7.24. The van der Waals surface area contributed by atoms with Crippen LogP contribution >= 0.6 is 0 Å². The van der Waals surface area contributed by atoms with Gasteiger partial charge < -0.3 is 15.7 Å². The molecule has 1 heterocycles. The van der Waals surface area contributed by atoms with E-state index in [9.17, 15) is 5.11 Å². The SMILES string of the molecule is CCC(CC)(CN)CN1CC2CCC(O)C2C1. The topological polar surface area (TPSA) is 49.5 Å². The molecule has 1 aliphatic carbocycles. The van der Waals surface area contributed by atoms with E-state index in [4.69, 9.17) is 5.73 Å². The molecule has 0 aromatic rings. The number of hydrogen-bond donors (Lipinski definition) is 2. The van der Waals surface area contributed by atoms with Crippen LogP contribution in [0, 0.1) is 17.3 Å². The molecule has 2 aliphatic rings. The number of rotatable bonds is 5. The Labute approximate surface area is 105 Å². The highest BCUT2D eigenvalue weighted by Gasteiger charge is 2.43. The predicted molar refractivity (Wildman–Crippen MR) is 70.7 cm³/mol. The predicted octanol–water partition coefficient (Wildman–Crippen LogP) is 1.45. The lowest BCUT2D eigenvalue weighted by atomic mass is 9.82. The lowest BCUT2D eigenvalue weighted by Gasteiger charge is -2.35. The van der Waals surface area contributed by atoms with Crippen molar-refractivity contribution in [3.05, 3.63) is 0 Å². The molecular weight excluding hydrogens is 212 g/mol. The Morgan fingerprint density at radius 2 is 1.94 bits per heavy atom. The van der Waals surface area contributed by atoms with Gasteiger partial charge in [0.25, 0.3) is 0 Å². The minimum absolute atomic E-state index is 0.0412. The summed E-state index contributed by atoms with van der Waals surface area (Å²) in [4.78, 5) is 2.55. The second kappa shape index (κ2) is 5.25. The van der Waals surface area contributed by atoms with Crippen LogP contribution in [0.25, 0.3) is 0 Å². The molecule has 2 rings (SSSR count). The van der Waals surface area contributed by atoms with Gasteiger partial charge in [0, 0.05) is 25.6 Å². The molecule has 0 bridgehead atoms. The van der Waals surface area contributed by atoms with Crippen LogP contribution in [0.5, 0.6) is 0 Å². The Morgan fingerprint density at radius 3 is 2.47 bits per heavy atom. The van der Waals surface area contributed by atoms with Gasteiger partial charge in [-0.25, -0.2) is 0 Å². The Bertz CT molecular complexity index is 244. The van der Waals surface area contributed by atoms with E-state index in [0.29, 0.717) is 11.3 Å². The summed E-state index contributed by atoms with van der Waals surface area (Å²) >= 11 is 0. The van der Waals surface area contributed by atoms with Gasteiger partial charge in [-0.3, -0.25) is 0 Å². The van der Waals surface area contributed by atoms with Crippen molar-refractivity contribution < 1.29 is 5.11 Å². The summed E-state index contributed by atoms with van der Waals surface area (Å²) in [5.41, 5.74) is 6.27. The van der Waals surface area contributed by atoms with Crippen molar-refractivity contribution in [2.75, 3.05) is 26.2 Å². The summed E-state index contributed by atoms with van der Waals surface area (Å²) in [6.45, 7) is 8.69. The van der Waals surface area contributed by atoms with Crippen molar-refractivity contribution in [1.29, 1.82) is 0 Å². The molecule has 3 nitrogen and oxygen atoms in total. The maximum Gasteiger partial charge on any atom is 0.0583 e. The maximum absolute atomic E-state index is 9.94. The van der Waals surface area contributed by atoms with Crippen LogP contribution < -0.4 is 5.73 Å². The molecule has 3 unspecified atom stereocenters. The summed E-state index contributed by atoms with van der Waals surface area (Å²) in [5, 5.41) is 9.94. The van der Waals surface area contributed by atoms with E-state index >= 15 is 0 Å². The van der Waals surface area contributed by atoms with Crippen LogP contribution in [-0.4, -0.2) is 42.3 Å². The minimum atomic E-state index is -0.0412. The number of aliphatic hydroxyl groups excluding tert-OH is 1. The molecule has 0 spiro atoms. The molecule has 17 heavy (non-hydrogen) atoms. The van der Waals surface area contributed by atoms with Crippen molar-refractivity contribution in [1.82, 2.24) is 4.90 Å². The number of fused-ring (bicyclic) bond motifs is 1. The van der Waals surface area contributed by atoms with Gasteiger partial charge >= 0.3 is 0 Å². The monoisotopic (exact) mass is 240 g/mol. The van der Waals surface area contributed by atoms with E-state index in [2.05, 4.69) is 18.7 Å². The van der Waals surface area contributed by atoms with E-state index in [1.165, 1.54) is 13.0 Å². The largest absolute Gasteiger partial charge is 0.393 e. The lowest BCUT2D eigenvalue weighted by Crippen LogP contribution is -2.41. The third kappa shape index (κ3) is 2.51. The molecule has 3 heteroatoms. The fourth-order valence-corrected chi connectivity index (χ4v) is 3.76. The zero-order valence-corrected chi connectivity index (χ0v) is 11.4. The van der Waals surface area contributed by atoms with E-state index in [-0.39, 0.29) is 6.10 Å². The van der Waals surface area contributed by atoms with Gasteiger partial charge in [-0.15, -0.1) is 0 Å². The van der Waals surface area contributed by atoms with E-state index in [1.807, 2.05) is 0 Å². The Balaban J connectivity index is 1.93. The average Bonchev–Trinajstić information content (AvgIpc) is 2.89. The molecular formula is C14H28N2O. The van der Waals surface area contributed by atoms with Gasteiger partial charge in [-0.1, -0.05) is 13.8 Å². The first kappa shape index (κ1) is 13.3. The highest BCUT2D eigenvalue weighted by molar-refractivity contribution is 4.95. The summed E-state index contributed by atoms with van der Waals surface area (Å²) in [7, 11) is 0. The van der Waals surface area contributed by atoms with Gasteiger partial charge in [-0.2, -0.15) is 0 Å². The number of hydrogen-bond acceptors (Lipinski definition) is 3. The first-order valence-electron chi connectivity index (χ1n) is 7.24. The zero-order valence-electron chi connectivity index (χ0n) is 11.4. The van der Waals surface area contributed by atoms with E-state index in [0.717, 1.165) is 44.8 Å². The van der Waals surface area contributed by atoms with Gasteiger partial charge in [0.1, 0.15) is 0 Å². The quantitative estimate of drug-likeness (QED) is 0.765. The van der Waals surface area contributed by atoms with Crippen molar-refractivity contribution in [2.24, 2.45) is 23.0 Å². The molecule has 0 aromatic carbocycles. The molecule has 3 atom stereocenters. The fraction of sp³-hybridized carbons (Fsp3) is 1.00. The highest BCUT2D eigenvalue weighted by atomic mass is 16.3. The number of nitrogens with zero attached hydrogens (tertiary/aromatic N) is 1. The second-order valence-corrected chi connectivity index (χ2v) is 6.17. The van der Waals surface area contributed by atoms with Crippen LogP contribution in [0.15, 0.2) is 0 Å². The number of likely N-dealkylation sites (tertiary alicyclic amines) is 1. The second-order valence-electron chi connectivity index (χ2n) is 6.17. The van der Waals surface area contributed by atoms with Gasteiger partial charge in [0.05, 0.1) is 6.10 Å². The molecule has 0 aromatic heterocycles. The molecule has 0 radical (unpaired) electrons. The molecule has 1 saturated heterocycles. The minimum Gasteiger partial charge on any atom is -0.393 e. The number of aliphatic hydroxyl groups is 1. The van der Waals surface area contributed by atoms with Crippen molar-refractivity contribution >= 4 is 0 Å². The summed E-state index contributed by atoms with van der Waals surface area (Å²) in [6, 6.07) is 0. The zero-order chi connectivity index (χ0) is 12.5. The van der Waals surface area contributed by atoms with E-state index in [1.54, 1.807) is 0 Å². The average molecular weight is 240 g/mol. The maximum atomic E-state index is 9.94. The van der Waals surface area contributed by atoms with Gasteiger partial charge in [-0.05, 0) is 43.6 Å². The Hall–Kier alpha value is -0.120. The molecule has 2 fully saturated rings. The van der Waals surface area contributed by atoms with Crippen molar-refractivity contribution in [3.8, 4) is 0 Å². The third-order valence-electron chi connectivity index (χ3n) is 5.39. The number of nitrogens with two attached hydrogens (primary N) is 1. The lowest BCUT2D eigenvalue weighted by molar-refractivity contribution is 0.111. The van der Waals surface area contributed by atoms with Crippen molar-refractivity contribution in [2.45, 2.75) is 45.6 Å². The van der Waals surface area contributed by atoms with Crippen LogP contribution in [0.4, 0.5) is 0 Å². The van der Waals surface area contributed by atoms with Gasteiger partial charge in [0.2, 0.25) is 0 Å². The summed E-state index contributed by atoms with van der Waals surface area (Å²) in [5.74, 6) is 1.29. The molecule has 3 N–H and O–H groups in total. The Kier molecular flexibility index (Phi) is 4.11. The molecule has 1 aliphatic heterocycles. The highest BCUT2D eigenvalue weighted by Crippen LogP contribution is 2.39. The summed E-state index contributed by atoms with van der Waals surface area (Å²) < 4.78 is 0.